The van der Waals surface area contributed by atoms with Gasteiger partial charge in [-0.15, -0.1) is 5.11 Å². The van der Waals surface area contributed by atoms with Gasteiger partial charge in [-0.05, 0) is 25.3 Å². The minimum atomic E-state index is 0.194. The molecule has 8 nitrogen and oxygen atoms in total. The first kappa shape index (κ1) is 23.1. The number of unbranched alkanes of at least 4 members (excludes halogenated alkanes) is 1. The van der Waals surface area contributed by atoms with Gasteiger partial charge in [-0.2, -0.15) is 10.1 Å². The average Bonchev–Trinajstić information content (AvgIpc) is 2.79. The van der Waals surface area contributed by atoms with Crippen LogP contribution in [0, 0.1) is 6.92 Å². The molecule has 0 aliphatic carbocycles. The van der Waals surface area contributed by atoms with Crippen molar-refractivity contribution in [3.63, 3.8) is 0 Å². The summed E-state index contributed by atoms with van der Waals surface area (Å²) in [5, 5.41) is 17.5. The Hall–Kier alpha value is -2.55. The van der Waals surface area contributed by atoms with E-state index in [1.807, 2.05) is 24.3 Å². The lowest BCUT2D eigenvalue weighted by Gasteiger charge is -2.29. The number of aliphatic hydroxyl groups excluding tert-OH is 1. The van der Waals surface area contributed by atoms with Gasteiger partial charge in [0.05, 0.1) is 26.4 Å². The van der Waals surface area contributed by atoms with Gasteiger partial charge in [-0.25, -0.2) is 0 Å². The van der Waals surface area contributed by atoms with Crippen molar-refractivity contribution in [1.29, 1.82) is 0 Å². The van der Waals surface area contributed by atoms with Crippen LogP contribution in [0.2, 0.25) is 0 Å². The van der Waals surface area contributed by atoms with E-state index in [4.69, 9.17) is 19.3 Å². The summed E-state index contributed by atoms with van der Waals surface area (Å²) in [5.74, 6) is 1.03. The maximum atomic E-state index is 8.80. The minimum absolute atomic E-state index is 0.194. The zero-order chi connectivity index (χ0) is 21.7. The standard InChI is InChI=1S/C23H32N4O4/c1-19-5-4-6-20(15-19)18-24-26-22-16-21(27-7-11-30-12-8-27)17-23(25-22)31-14-13-29-10-3-2-9-28/h4-6,15-17,28H,2-3,7-14,18H2,1H3. The van der Waals surface area contributed by atoms with Crippen LogP contribution in [0.1, 0.15) is 24.0 Å². The summed E-state index contributed by atoms with van der Waals surface area (Å²) in [6.45, 7) is 7.28. The van der Waals surface area contributed by atoms with Crippen molar-refractivity contribution < 1.29 is 19.3 Å². The summed E-state index contributed by atoms with van der Waals surface area (Å²) in [6.07, 6.45) is 1.59. The van der Waals surface area contributed by atoms with E-state index in [9.17, 15) is 0 Å². The highest BCUT2D eigenvalue weighted by Crippen LogP contribution is 2.26. The lowest BCUT2D eigenvalue weighted by molar-refractivity contribution is 0.0929. The topological polar surface area (TPSA) is 88.8 Å². The predicted octanol–water partition coefficient (Wildman–Crippen LogP) is 3.68. The molecule has 0 radical (unpaired) electrons. The fraction of sp³-hybridized carbons (Fsp3) is 0.522. The van der Waals surface area contributed by atoms with Gasteiger partial charge in [0, 0.05) is 44.1 Å². The molecule has 0 saturated carbocycles. The molecule has 1 aromatic heterocycles. The number of pyridine rings is 1. The third-order valence-corrected chi connectivity index (χ3v) is 4.83. The van der Waals surface area contributed by atoms with E-state index in [0.717, 1.165) is 37.2 Å². The monoisotopic (exact) mass is 428 g/mol. The van der Waals surface area contributed by atoms with E-state index in [0.29, 0.717) is 51.3 Å². The molecular formula is C23H32N4O4. The Kier molecular flexibility index (Phi) is 9.69. The third kappa shape index (κ3) is 8.24. The van der Waals surface area contributed by atoms with Crippen LogP contribution in [-0.4, -0.2) is 62.8 Å². The van der Waals surface area contributed by atoms with Gasteiger partial charge >= 0.3 is 0 Å². The molecule has 168 valence electrons. The number of hydrogen-bond acceptors (Lipinski definition) is 8. The Balaban J connectivity index is 1.62. The van der Waals surface area contributed by atoms with Gasteiger partial charge in [0.15, 0.2) is 5.82 Å². The predicted molar refractivity (Wildman–Crippen MR) is 119 cm³/mol. The molecule has 1 saturated heterocycles. The van der Waals surface area contributed by atoms with Crippen molar-refractivity contribution in [2.24, 2.45) is 10.2 Å². The van der Waals surface area contributed by atoms with Crippen molar-refractivity contribution in [2.45, 2.75) is 26.3 Å². The molecule has 0 atom stereocenters. The summed E-state index contributed by atoms with van der Waals surface area (Å²) in [6, 6.07) is 12.1. The van der Waals surface area contributed by atoms with E-state index in [1.165, 1.54) is 5.56 Å². The number of aromatic nitrogens is 1. The van der Waals surface area contributed by atoms with Crippen molar-refractivity contribution in [2.75, 3.05) is 57.6 Å². The van der Waals surface area contributed by atoms with Gasteiger partial charge in [0.25, 0.3) is 0 Å². The molecule has 1 aliphatic rings. The second kappa shape index (κ2) is 13.0. The molecule has 0 spiro atoms. The number of rotatable bonds is 12. The fourth-order valence-corrected chi connectivity index (χ4v) is 3.23. The molecule has 0 bridgehead atoms. The molecule has 0 amide bonds. The van der Waals surface area contributed by atoms with Gasteiger partial charge in [0.2, 0.25) is 5.88 Å². The molecule has 8 heteroatoms. The molecule has 3 rings (SSSR count). The van der Waals surface area contributed by atoms with Crippen molar-refractivity contribution in [3.05, 3.63) is 47.5 Å². The number of azo groups is 1. The van der Waals surface area contributed by atoms with E-state index < -0.39 is 0 Å². The molecule has 1 fully saturated rings. The van der Waals surface area contributed by atoms with E-state index in [1.54, 1.807) is 0 Å². The molecule has 1 aromatic carbocycles. The second-order valence-corrected chi connectivity index (χ2v) is 7.40. The number of benzene rings is 1. The molecule has 2 aromatic rings. The van der Waals surface area contributed by atoms with Crippen molar-refractivity contribution in [3.8, 4) is 5.88 Å². The Bertz CT molecular complexity index is 825. The fourth-order valence-electron chi connectivity index (χ4n) is 3.23. The summed E-state index contributed by atoms with van der Waals surface area (Å²) >= 11 is 0. The van der Waals surface area contributed by atoms with E-state index >= 15 is 0 Å². The van der Waals surface area contributed by atoms with Crippen molar-refractivity contribution in [1.82, 2.24) is 4.98 Å². The van der Waals surface area contributed by atoms with Crippen LogP contribution in [-0.2, 0) is 16.0 Å². The third-order valence-electron chi connectivity index (χ3n) is 4.83. The second-order valence-electron chi connectivity index (χ2n) is 7.40. The molecule has 31 heavy (non-hydrogen) atoms. The Morgan fingerprint density at radius 3 is 2.77 bits per heavy atom. The van der Waals surface area contributed by atoms with E-state index in [-0.39, 0.29) is 6.61 Å². The normalized spacial score (nSPS) is 14.3. The number of anilines is 1. The average molecular weight is 429 g/mol. The smallest absolute Gasteiger partial charge is 0.217 e. The van der Waals surface area contributed by atoms with Crippen LogP contribution in [0.5, 0.6) is 5.88 Å². The van der Waals surface area contributed by atoms with Crippen LogP contribution in [0.15, 0.2) is 46.6 Å². The highest BCUT2D eigenvalue weighted by Gasteiger charge is 2.14. The van der Waals surface area contributed by atoms with Gasteiger partial charge < -0.3 is 24.2 Å². The number of morpholine rings is 1. The molecular weight excluding hydrogens is 396 g/mol. The van der Waals surface area contributed by atoms with Crippen molar-refractivity contribution >= 4 is 11.5 Å². The van der Waals surface area contributed by atoms with Gasteiger partial charge in [-0.3, -0.25) is 0 Å². The molecule has 1 aliphatic heterocycles. The van der Waals surface area contributed by atoms with Gasteiger partial charge in [0.1, 0.15) is 6.61 Å². The van der Waals surface area contributed by atoms with E-state index in [2.05, 4.69) is 39.2 Å². The number of aryl methyl sites for hydroxylation is 1. The Labute approximate surface area is 183 Å². The Morgan fingerprint density at radius 1 is 1.10 bits per heavy atom. The summed E-state index contributed by atoms with van der Waals surface area (Å²) in [4.78, 5) is 6.73. The highest BCUT2D eigenvalue weighted by atomic mass is 16.5. The lowest BCUT2D eigenvalue weighted by Crippen LogP contribution is -2.36. The minimum Gasteiger partial charge on any atom is -0.475 e. The van der Waals surface area contributed by atoms with Crippen LogP contribution >= 0.6 is 0 Å². The van der Waals surface area contributed by atoms with Crippen LogP contribution in [0.3, 0.4) is 0 Å². The van der Waals surface area contributed by atoms with Gasteiger partial charge in [-0.1, -0.05) is 29.8 Å². The van der Waals surface area contributed by atoms with Crippen LogP contribution in [0.4, 0.5) is 11.5 Å². The molecule has 1 N–H and O–H groups in total. The first-order chi connectivity index (χ1) is 15.2. The number of hydrogen-bond donors (Lipinski definition) is 1. The first-order valence-corrected chi connectivity index (χ1v) is 10.8. The maximum Gasteiger partial charge on any atom is 0.217 e. The first-order valence-electron chi connectivity index (χ1n) is 10.8. The zero-order valence-corrected chi connectivity index (χ0v) is 18.2. The number of ether oxygens (including phenoxy) is 3. The molecule has 0 unspecified atom stereocenters. The zero-order valence-electron chi connectivity index (χ0n) is 18.2. The van der Waals surface area contributed by atoms with Crippen LogP contribution in [0.25, 0.3) is 0 Å². The Morgan fingerprint density at radius 2 is 1.97 bits per heavy atom. The lowest BCUT2D eigenvalue weighted by atomic mass is 10.1. The van der Waals surface area contributed by atoms with Crippen LogP contribution < -0.4 is 9.64 Å². The summed E-state index contributed by atoms with van der Waals surface area (Å²) < 4.78 is 16.8. The molecule has 2 heterocycles. The summed E-state index contributed by atoms with van der Waals surface area (Å²) in [5.41, 5.74) is 3.32. The number of nitrogens with zero attached hydrogens (tertiary/aromatic N) is 4. The number of aliphatic hydroxyl groups is 1. The summed E-state index contributed by atoms with van der Waals surface area (Å²) in [7, 11) is 0. The highest BCUT2D eigenvalue weighted by molar-refractivity contribution is 5.55. The quantitative estimate of drug-likeness (QED) is 0.410. The maximum absolute atomic E-state index is 8.80. The SMILES string of the molecule is Cc1cccc(CN=Nc2cc(N3CCOCC3)cc(OCCOCCCCO)n2)c1. The largest absolute Gasteiger partial charge is 0.475 e.